The second kappa shape index (κ2) is 5.88. The lowest BCUT2D eigenvalue weighted by Gasteiger charge is -2.30. The lowest BCUT2D eigenvalue weighted by atomic mass is 9.84. The van der Waals surface area contributed by atoms with Gasteiger partial charge in [0.25, 0.3) is 0 Å². The number of amides is 1. The van der Waals surface area contributed by atoms with Crippen LogP contribution in [0.3, 0.4) is 0 Å². The van der Waals surface area contributed by atoms with Gasteiger partial charge in [-0.2, -0.15) is 0 Å². The van der Waals surface area contributed by atoms with E-state index in [9.17, 15) is 4.79 Å². The van der Waals surface area contributed by atoms with Crippen molar-refractivity contribution in [3.63, 3.8) is 0 Å². The second-order valence-corrected chi connectivity index (χ2v) is 6.18. The molecule has 0 spiro atoms. The highest BCUT2D eigenvalue weighted by molar-refractivity contribution is 6.01. The maximum absolute atomic E-state index is 12.1. The summed E-state index contributed by atoms with van der Waals surface area (Å²) in [7, 11) is 1.87. The third-order valence-corrected chi connectivity index (χ3v) is 4.43. The Hall–Kier alpha value is -1.84. The Morgan fingerprint density at radius 2 is 2.05 bits per heavy atom. The number of carbonyl (C=O) groups excluding carboxylic acids is 1. The minimum atomic E-state index is -0.0182. The summed E-state index contributed by atoms with van der Waals surface area (Å²) in [5, 5.41) is 4.19. The number of rotatable bonds is 4. The SMILES string of the molecule is Cc1ccc(C2=NOC(CN(C)C(=O)C3CCC3)C2)cc1. The van der Waals surface area contributed by atoms with Crippen molar-refractivity contribution < 1.29 is 9.63 Å². The summed E-state index contributed by atoms with van der Waals surface area (Å²) in [6, 6.07) is 8.31. The first-order valence-corrected chi connectivity index (χ1v) is 7.68. The molecule has 1 atom stereocenters. The lowest BCUT2D eigenvalue weighted by Crippen LogP contribution is -2.40. The molecule has 1 aliphatic carbocycles. The maximum Gasteiger partial charge on any atom is 0.225 e. The molecule has 1 unspecified atom stereocenters. The van der Waals surface area contributed by atoms with Gasteiger partial charge < -0.3 is 9.74 Å². The van der Waals surface area contributed by atoms with Gasteiger partial charge in [0.2, 0.25) is 5.91 Å². The molecule has 3 rings (SSSR count). The average molecular weight is 286 g/mol. The molecule has 1 aromatic carbocycles. The largest absolute Gasteiger partial charge is 0.390 e. The summed E-state index contributed by atoms with van der Waals surface area (Å²) in [5.74, 6) is 0.502. The Morgan fingerprint density at radius 1 is 1.33 bits per heavy atom. The van der Waals surface area contributed by atoms with Gasteiger partial charge in [-0.05, 0) is 25.3 Å². The number of hydrogen-bond donors (Lipinski definition) is 0. The molecule has 2 aliphatic rings. The summed E-state index contributed by atoms with van der Waals surface area (Å²) in [4.78, 5) is 19.4. The van der Waals surface area contributed by atoms with E-state index < -0.39 is 0 Å². The van der Waals surface area contributed by atoms with Crippen molar-refractivity contribution in [1.29, 1.82) is 0 Å². The van der Waals surface area contributed by atoms with Crippen molar-refractivity contribution in [2.45, 2.75) is 38.7 Å². The Labute approximate surface area is 125 Å². The van der Waals surface area contributed by atoms with Crippen LogP contribution in [0, 0.1) is 12.8 Å². The van der Waals surface area contributed by atoms with Crippen molar-refractivity contribution in [3.8, 4) is 0 Å². The normalized spacial score (nSPS) is 21.4. The number of benzene rings is 1. The first-order valence-electron chi connectivity index (χ1n) is 7.68. The van der Waals surface area contributed by atoms with Crippen LogP contribution in [0.25, 0.3) is 0 Å². The van der Waals surface area contributed by atoms with E-state index in [0.717, 1.165) is 30.5 Å². The smallest absolute Gasteiger partial charge is 0.225 e. The minimum absolute atomic E-state index is 0.0182. The first kappa shape index (κ1) is 14.1. The number of nitrogens with zero attached hydrogens (tertiary/aromatic N) is 2. The molecule has 0 bridgehead atoms. The molecular weight excluding hydrogens is 264 g/mol. The molecule has 1 amide bonds. The maximum atomic E-state index is 12.1. The molecule has 112 valence electrons. The van der Waals surface area contributed by atoms with E-state index in [0.29, 0.717) is 6.54 Å². The van der Waals surface area contributed by atoms with E-state index in [1.165, 1.54) is 12.0 Å². The van der Waals surface area contributed by atoms with Crippen LogP contribution in [0.5, 0.6) is 0 Å². The Balaban J connectivity index is 1.53. The number of carbonyl (C=O) groups is 1. The molecule has 1 saturated carbocycles. The van der Waals surface area contributed by atoms with Gasteiger partial charge in [0.1, 0.15) is 0 Å². The summed E-state index contributed by atoms with van der Waals surface area (Å²) in [6.07, 6.45) is 4.02. The van der Waals surface area contributed by atoms with Crippen LogP contribution in [-0.4, -0.2) is 36.2 Å². The van der Waals surface area contributed by atoms with Crippen LogP contribution in [0.1, 0.15) is 36.8 Å². The highest BCUT2D eigenvalue weighted by Crippen LogP contribution is 2.28. The fraction of sp³-hybridized carbons (Fsp3) is 0.529. The van der Waals surface area contributed by atoms with E-state index in [1.54, 1.807) is 0 Å². The van der Waals surface area contributed by atoms with Crippen LogP contribution in [0.15, 0.2) is 29.4 Å². The van der Waals surface area contributed by atoms with Gasteiger partial charge in [0, 0.05) is 19.4 Å². The molecule has 0 radical (unpaired) electrons. The van der Waals surface area contributed by atoms with Crippen LogP contribution < -0.4 is 0 Å². The molecular formula is C17H22N2O2. The summed E-state index contributed by atoms with van der Waals surface area (Å²) in [6.45, 7) is 2.69. The van der Waals surface area contributed by atoms with Gasteiger partial charge in [-0.3, -0.25) is 4.79 Å². The minimum Gasteiger partial charge on any atom is -0.390 e. The van der Waals surface area contributed by atoms with Crippen molar-refractivity contribution in [1.82, 2.24) is 4.90 Å². The predicted molar refractivity (Wildman–Crippen MR) is 82.2 cm³/mol. The molecule has 1 aromatic rings. The van der Waals surface area contributed by atoms with Gasteiger partial charge in [-0.15, -0.1) is 0 Å². The van der Waals surface area contributed by atoms with E-state index >= 15 is 0 Å². The van der Waals surface area contributed by atoms with Crippen molar-refractivity contribution in [2.24, 2.45) is 11.1 Å². The molecule has 21 heavy (non-hydrogen) atoms. The molecule has 1 aliphatic heterocycles. The zero-order chi connectivity index (χ0) is 14.8. The number of likely N-dealkylation sites (N-methyl/N-ethyl adjacent to an activating group) is 1. The fourth-order valence-corrected chi connectivity index (χ4v) is 2.81. The summed E-state index contributed by atoms with van der Waals surface area (Å²) < 4.78 is 0. The summed E-state index contributed by atoms with van der Waals surface area (Å²) in [5.41, 5.74) is 3.32. The highest BCUT2D eigenvalue weighted by atomic mass is 16.6. The topological polar surface area (TPSA) is 41.9 Å². The molecule has 0 saturated heterocycles. The average Bonchev–Trinajstić information content (AvgIpc) is 2.86. The van der Waals surface area contributed by atoms with Gasteiger partial charge >= 0.3 is 0 Å². The monoisotopic (exact) mass is 286 g/mol. The first-order chi connectivity index (χ1) is 10.1. The highest BCUT2D eigenvalue weighted by Gasteiger charge is 2.30. The molecule has 1 heterocycles. The number of aryl methyl sites for hydroxylation is 1. The van der Waals surface area contributed by atoms with E-state index in [1.807, 2.05) is 11.9 Å². The standard InChI is InChI=1S/C17H22N2O2/c1-12-6-8-13(9-7-12)16-10-15(21-18-16)11-19(2)17(20)14-4-3-5-14/h6-9,14-15H,3-5,10-11H2,1-2H3. The fourth-order valence-electron chi connectivity index (χ4n) is 2.81. The van der Waals surface area contributed by atoms with Crippen LogP contribution in [-0.2, 0) is 9.63 Å². The molecule has 4 heteroatoms. The van der Waals surface area contributed by atoms with Crippen LogP contribution in [0.2, 0.25) is 0 Å². The van der Waals surface area contributed by atoms with Gasteiger partial charge in [-0.1, -0.05) is 41.4 Å². The quantitative estimate of drug-likeness (QED) is 0.854. The Bertz CT molecular complexity index is 546. The molecule has 0 N–H and O–H groups in total. The van der Waals surface area contributed by atoms with E-state index in [2.05, 4.69) is 36.3 Å². The van der Waals surface area contributed by atoms with Crippen LogP contribution >= 0.6 is 0 Å². The summed E-state index contributed by atoms with van der Waals surface area (Å²) >= 11 is 0. The van der Waals surface area contributed by atoms with Gasteiger partial charge in [0.15, 0.2) is 6.10 Å². The number of oxime groups is 1. The molecule has 0 aromatic heterocycles. The van der Waals surface area contributed by atoms with E-state index in [-0.39, 0.29) is 17.9 Å². The molecule has 1 fully saturated rings. The Kier molecular flexibility index (Phi) is 3.95. The second-order valence-electron chi connectivity index (χ2n) is 6.18. The van der Waals surface area contributed by atoms with Crippen molar-refractivity contribution >= 4 is 11.6 Å². The van der Waals surface area contributed by atoms with Gasteiger partial charge in [0.05, 0.1) is 12.3 Å². The lowest BCUT2D eigenvalue weighted by molar-refractivity contribution is -0.138. The zero-order valence-corrected chi connectivity index (χ0v) is 12.7. The van der Waals surface area contributed by atoms with Crippen molar-refractivity contribution in [2.75, 3.05) is 13.6 Å². The predicted octanol–water partition coefficient (Wildman–Crippen LogP) is 2.75. The Morgan fingerprint density at radius 3 is 2.67 bits per heavy atom. The molecule has 4 nitrogen and oxygen atoms in total. The third kappa shape index (κ3) is 3.09. The van der Waals surface area contributed by atoms with Crippen molar-refractivity contribution in [3.05, 3.63) is 35.4 Å². The van der Waals surface area contributed by atoms with Crippen LogP contribution in [0.4, 0.5) is 0 Å². The van der Waals surface area contributed by atoms with E-state index in [4.69, 9.17) is 4.84 Å². The van der Waals surface area contributed by atoms with Gasteiger partial charge in [-0.25, -0.2) is 0 Å². The zero-order valence-electron chi connectivity index (χ0n) is 12.7. The number of hydrogen-bond acceptors (Lipinski definition) is 3. The third-order valence-electron chi connectivity index (χ3n) is 4.43.